The largest absolute Gasteiger partial charge is 0.225 e. The lowest BCUT2D eigenvalue weighted by molar-refractivity contribution is 0.499. The Labute approximate surface area is 79.4 Å². The van der Waals surface area contributed by atoms with Gasteiger partial charge in [-0.15, -0.1) is 0 Å². The molecule has 0 fully saturated rings. The van der Waals surface area contributed by atoms with Crippen molar-refractivity contribution >= 4 is 11.6 Å². The van der Waals surface area contributed by atoms with Gasteiger partial charge >= 0.3 is 0 Å². The molecule has 0 aromatic carbocycles. The summed E-state index contributed by atoms with van der Waals surface area (Å²) in [4.78, 5) is 0. The molecule has 12 heavy (non-hydrogen) atoms. The molecular formula is C10H16ClF. The SMILES string of the molecule is C=C/C=C\C(=C/C)C(F)Cl.CC. The highest BCUT2D eigenvalue weighted by Gasteiger charge is 2.01. The van der Waals surface area contributed by atoms with Gasteiger partial charge in [0.15, 0.2) is 5.63 Å². The fraction of sp³-hybridized carbons (Fsp3) is 0.400. The number of allylic oxidation sites excluding steroid dienone is 5. The van der Waals surface area contributed by atoms with E-state index >= 15 is 0 Å². The molecule has 70 valence electrons. The molecule has 0 amide bonds. The van der Waals surface area contributed by atoms with Gasteiger partial charge in [0.05, 0.1) is 0 Å². The summed E-state index contributed by atoms with van der Waals surface area (Å²) in [6, 6.07) is 0. The molecule has 0 aromatic heterocycles. The van der Waals surface area contributed by atoms with Crippen LogP contribution in [0.5, 0.6) is 0 Å². The fourth-order valence-corrected chi connectivity index (χ4v) is 0.673. The van der Waals surface area contributed by atoms with Crippen LogP contribution in [0, 0.1) is 0 Å². The van der Waals surface area contributed by atoms with Crippen LogP contribution in [0.4, 0.5) is 4.39 Å². The van der Waals surface area contributed by atoms with Gasteiger partial charge in [0, 0.05) is 0 Å². The predicted octanol–water partition coefficient (Wildman–Crippen LogP) is 4.24. The smallest absolute Gasteiger partial charge is 0.198 e. The first-order valence-corrected chi connectivity index (χ1v) is 4.39. The van der Waals surface area contributed by atoms with Gasteiger partial charge in [-0.05, 0) is 12.5 Å². The van der Waals surface area contributed by atoms with Crippen LogP contribution in [0.25, 0.3) is 0 Å². The summed E-state index contributed by atoms with van der Waals surface area (Å²) in [5, 5.41) is 0. The van der Waals surface area contributed by atoms with Crippen LogP contribution in [-0.2, 0) is 0 Å². The zero-order valence-corrected chi connectivity index (χ0v) is 8.61. The average molecular weight is 191 g/mol. The molecule has 0 aliphatic rings. The zero-order chi connectivity index (χ0) is 9.98. The third kappa shape index (κ3) is 7.55. The summed E-state index contributed by atoms with van der Waals surface area (Å²) >= 11 is 5.16. The molecule has 0 rings (SSSR count). The Hall–Kier alpha value is -0.560. The van der Waals surface area contributed by atoms with E-state index in [0.717, 1.165) is 0 Å². The standard InChI is InChI=1S/C8H10ClF.C2H6/c1-3-5-6-7(4-2)8(9)10;1-2/h3-6,8H,1H2,2H3;1-2H3/b6-5-,7-4+;. The van der Waals surface area contributed by atoms with Gasteiger partial charge < -0.3 is 0 Å². The van der Waals surface area contributed by atoms with Crippen molar-refractivity contribution in [2.75, 3.05) is 0 Å². The van der Waals surface area contributed by atoms with Crippen LogP contribution < -0.4 is 0 Å². The van der Waals surface area contributed by atoms with Gasteiger partial charge in [-0.2, -0.15) is 0 Å². The minimum Gasteiger partial charge on any atom is -0.225 e. The molecule has 2 heteroatoms. The lowest BCUT2D eigenvalue weighted by Gasteiger charge is -1.97. The molecule has 1 unspecified atom stereocenters. The van der Waals surface area contributed by atoms with Crippen LogP contribution in [0.15, 0.2) is 36.5 Å². The molecule has 1 atom stereocenters. The number of halogens is 2. The monoisotopic (exact) mass is 190 g/mol. The van der Waals surface area contributed by atoms with E-state index in [1.54, 1.807) is 31.2 Å². The maximum Gasteiger partial charge on any atom is 0.198 e. The lowest BCUT2D eigenvalue weighted by Crippen LogP contribution is -1.89. The van der Waals surface area contributed by atoms with E-state index in [-0.39, 0.29) is 0 Å². The highest BCUT2D eigenvalue weighted by Crippen LogP contribution is 2.11. The van der Waals surface area contributed by atoms with Crippen molar-refractivity contribution in [1.82, 2.24) is 0 Å². The van der Waals surface area contributed by atoms with E-state index in [9.17, 15) is 4.39 Å². The van der Waals surface area contributed by atoms with E-state index in [0.29, 0.717) is 5.57 Å². The van der Waals surface area contributed by atoms with Gasteiger partial charge in [0.1, 0.15) is 0 Å². The topological polar surface area (TPSA) is 0 Å². The van der Waals surface area contributed by atoms with E-state index in [1.165, 1.54) is 0 Å². The number of rotatable bonds is 3. The third-order valence-corrected chi connectivity index (χ3v) is 1.26. The molecule has 0 saturated heterocycles. The first-order chi connectivity index (χ1) is 5.72. The Morgan fingerprint density at radius 3 is 2.25 bits per heavy atom. The summed E-state index contributed by atoms with van der Waals surface area (Å²) in [7, 11) is 0. The molecular weight excluding hydrogens is 175 g/mol. The van der Waals surface area contributed by atoms with Crippen molar-refractivity contribution < 1.29 is 4.39 Å². The van der Waals surface area contributed by atoms with Crippen molar-refractivity contribution in [3.63, 3.8) is 0 Å². The maximum atomic E-state index is 12.3. The van der Waals surface area contributed by atoms with E-state index in [1.807, 2.05) is 13.8 Å². The molecule has 0 radical (unpaired) electrons. The van der Waals surface area contributed by atoms with Crippen molar-refractivity contribution in [2.45, 2.75) is 26.4 Å². The molecule has 0 heterocycles. The van der Waals surface area contributed by atoms with Gasteiger partial charge in [-0.25, -0.2) is 4.39 Å². The molecule has 0 spiro atoms. The molecule has 0 saturated carbocycles. The van der Waals surface area contributed by atoms with Crippen molar-refractivity contribution in [3.05, 3.63) is 36.5 Å². The Balaban J connectivity index is 0. The van der Waals surface area contributed by atoms with Gasteiger partial charge in [-0.1, -0.05) is 56.3 Å². The molecule has 0 nitrogen and oxygen atoms in total. The summed E-state index contributed by atoms with van der Waals surface area (Å²) in [5.74, 6) is 0. The summed E-state index contributed by atoms with van der Waals surface area (Å²) < 4.78 is 12.3. The quantitative estimate of drug-likeness (QED) is 0.462. The first-order valence-electron chi connectivity index (χ1n) is 3.95. The lowest BCUT2D eigenvalue weighted by atomic mass is 10.2. The third-order valence-electron chi connectivity index (χ3n) is 1.01. The van der Waals surface area contributed by atoms with Crippen LogP contribution in [0.1, 0.15) is 20.8 Å². The van der Waals surface area contributed by atoms with E-state index in [2.05, 4.69) is 6.58 Å². The van der Waals surface area contributed by atoms with Gasteiger partial charge in [0.25, 0.3) is 0 Å². The molecule has 0 bridgehead atoms. The van der Waals surface area contributed by atoms with Crippen molar-refractivity contribution in [1.29, 1.82) is 0 Å². The number of hydrogen-bond acceptors (Lipinski definition) is 0. The summed E-state index contributed by atoms with van der Waals surface area (Å²) in [6.45, 7) is 9.18. The second-order valence-electron chi connectivity index (χ2n) is 1.68. The molecule has 0 aliphatic heterocycles. The second-order valence-corrected chi connectivity index (χ2v) is 2.07. The van der Waals surface area contributed by atoms with Crippen molar-refractivity contribution in [3.8, 4) is 0 Å². The highest BCUT2D eigenvalue weighted by molar-refractivity contribution is 6.21. The zero-order valence-electron chi connectivity index (χ0n) is 7.85. The van der Waals surface area contributed by atoms with Gasteiger partial charge in [0.2, 0.25) is 0 Å². The summed E-state index contributed by atoms with van der Waals surface area (Å²) in [6.07, 6.45) is 6.43. The number of hydrogen-bond donors (Lipinski definition) is 0. The van der Waals surface area contributed by atoms with Crippen LogP contribution in [-0.4, -0.2) is 5.63 Å². The minimum atomic E-state index is -1.42. The maximum absolute atomic E-state index is 12.3. The minimum absolute atomic E-state index is 0.460. The van der Waals surface area contributed by atoms with Crippen LogP contribution in [0.3, 0.4) is 0 Å². The molecule has 0 aliphatic carbocycles. The fourth-order valence-electron chi connectivity index (χ4n) is 0.474. The Bertz CT molecular complexity index is 157. The van der Waals surface area contributed by atoms with Crippen LogP contribution >= 0.6 is 11.6 Å². The van der Waals surface area contributed by atoms with Crippen molar-refractivity contribution in [2.24, 2.45) is 0 Å². The van der Waals surface area contributed by atoms with E-state index in [4.69, 9.17) is 11.6 Å². The predicted molar refractivity (Wildman–Crippen MR) is 55.2 cm³/mol. The van der Waals surface area contributed by atoms with Crippen LogP contribution in [0.2, 0.25) is 0 Å². The Morgan fingerprint density at radius 1 is 1.50 bits per heavy atom. The Kier molecular flexibility index (Phi) is 12.2. The highest BCUT2D eigenvalue weighted by atomic mass is 35.5. The Morgan fingerprint density at radius 2 is 2.00 bits per heavy atom. The average Bonchev–Trinajstić information content (AvgIpc) is 2.09. The second kappa shape index (κ2) is 10.4. The van der Waals surface area contributed by atoms with E-state index < -0.39 is 5.63 Å². The van der Waals surface area contributed by atoms with Gasteiger partial charge in [-0.3, -0.25) is 0 Å². The normalized spacial score (nSPS) is 13.6. The number of alkyl halides is 2. The molecule has 0 aromatic rings. The summed E-state index contributed by atoms with van der Waals surface area (Å²) in [5.41, 5.74) is -0.956. The molecule has 0 N–H and O–H groups in total. The first kappa shape index (κ1) is 14.0.